The van der Waals surface area contributed by atoms with Gasteiger partial charge in [-0.05, 0) is 32.1 Å². The van der Waals surface area contributed by atoms with Crippen molar-refractivity contribution in [3.63, 3.8) is 0 Å². The van der Waals surface area contributed by atoms with Crippen molar-refractivity contribution in [3.05, 3.63) is 12.2 Å². The summed E-state index contributed by atoms with van der Waals surface area (Å²) in [4.78, 5) is 12.0. The van der Waals surface area contributed by atoms with Gasteiger partial charge in [0.05, 0.1) is 7.11 Å². The molecule has 0 aromatic carbocycles. The standard InChI is InChI=1S/C21H41NO4S/c1-3-4-5-6-7-8-9-10-11-12-13-14-15-16-17-18-20(23)21(19-22)27(24,25)26-2/h10-11,21H,3-9,12-19,22H2,1-2H3/b11-10-. The maximum Gasteiger partial charge on any atom is 0.278 e. The number of carbonyl (C=O) groups excluding carboxylic acids is 1. The molecule has 0 spiro atoms. The Labute approximate surface area is 167 Å². The van der Waals surface area contributed by atoms with Gasteiger partial charge in [0, 0.05) is 13.0 Å². The third kappa shape index (κ3) is 14.0. The highest BCUT2D eigenvalue weighted by Gasteiger charge is 2.30. The second kappa shape index (κ2) is 17.4. The number of nitrogens with two attached hydrogens (primary N) is 1. The summed E-state index contributed by atoms with van der Waals surface area (Å²) in [5.74, 6) is -0.336. The zero-order chi connectivity index (χ0) is 20.4. The Morgan fingerprint density at radius 1 is 0.889 bits per heavy atom. The topological polar surface area (TPSA) is 86.5 Å². The van der Waals surface area contributed by atoms with Gasteiger partial charge in [0.15, 0.2) is 11.0 Å². The monoisotopic (exact) mass is 403 g/mol. The van der Waals surface area contributed by atoms with Gasteiger partial charge in [-0.1, -0.05) is 70.4 Å². The average Bonchev–Trinajstić information content (AvgIpc) is 2.65. The number of unbranched alkanes of at least 4 members (excludes halogenated alkanes) is 11. The van der Waals surface area contributed by atoms with Crippen LogP contribution in [-0.2, 0) is 19.1 Å². The number of Topliss-reactive ketones (excluding diaryl/α,β-unsaturated/α-hetero) is 1. The lowest BCUT2D eigenvalue weighted by Gasteiger charge is -2.12. The summed E-state index contributed by atoms with van der Waals surface area (Å²) >= 11 is 0. The molecule has 6 heteroatoms. The summed E-state index contributed by atoms with van der Waals surface area (Å²) in [7, 11) is -2.80. The van der Waals surface area contributed by atoms with Gasteiger partial charge in [-0.3, -0.25) is 8.98 Å². The van der Waals surface area contributed by atoms with Crippen LogP contribution in [0.4, 0.5) is 0 Å². The molecule has 1 atom stereocenters. The Morgan fingerprint density at radius 2 is 1.37 bits per heavy atom. The van der Waals surface area contributed by atoms with Gasteiger partial charge in [0.25, 0.3) is 10.1 Å². The van der Waals surface area contributed by atoms with Crippen LogP contribution in [-0.4, -0.2) is 33.1 Å². The smallest absolute Gasteiger partial charge is 0.278 e. The number of carbonyl (C=O) groups is 1. The van der Waals surface area contributed by atoms with Crippen molar-refractivity contribution in [1.29, 1.82) is 0 Å². The SMILES string of the molecule is CCCCCCCC/C=C\CCCCCCCC(=O)C(CN)S(=O)(=O)OC. The summed E-state index contributed by atoms with van der Waals surface area (Å²) in [6, 6.07) is 0. The first-order chi connectivity index (χ1) is 13.0. The van der Waals surface area contributed by atoms with E-state index in [2.05, 4.69) is 23.3 Å². The number of hydrogen-bond donors (Lipinski definition) is 1. The first kappa shape index (κ1) is 26.3. The molecule has 2 N–H and O–H groups in total. The van der Waals surface area contributed by atoms with Crippen LogP contribution in [0.3, 0.4) is 0 Å². The number of allylic oxidation sites excluding steroid dienone is 2. The van der Waals surface area contributed by atoms with Crippen LogP contribution in [0.15, 0.2) is 12.2 Å². The first-order valence-electron chi connectivity index (χ1n) is 10.7. The zero-order valence-corrected chi connectivity index (χ0v) is 18.3. The average molecular weight is 404 g/mol. The quantitative estimate of drug-likeness (QED) is 0.188. The summed E-state index contributed by atoms with van der Waals surface area (Å²) < 4.78 is 27.6. The van der Waals surface area contributed by atoms with Crippen LogP contribution >= 0.6 is 0 Å². The van der Waals surface area contributed by atoms with E-state index >= 15 is 0 Å². The molecule has 27 heavy (non-hydrogen) atoms. The molecule has 0 aromatic rings. The lowest BCUT2D eigenvalue weighted by Crippen LogP contribution is -2.37. The van der Waals surface area contributed by atoms with Crippen LogP contribution in [0.5, 0.6) is 0 Å². The van der Waals surface area contributed by atoms with Crippen LogP contribution in [0.2, 0.25) is 0 Å². The predicted octanol–water partition coefficient (Wildman–Crippen LogP) is 4.90. The molecule has 0 amide bonds. The number of hydrogen-bond acceptors (Lipinski definition) is 5. The van der Waals surface area contributed by atoms with Gasteiger partial charge in [-0.15, -0.1) is 0 Å². The lowest BCUT2D eigenvalue weighted by molar-refractivity contribution is -0.118. The normalized spacial score (nSPS) is 13.3. The van der Waals surface area contributed by atoms with E-state index in [1.54, 1.807) is 0 Å². The molecule has 0 aromatic heterocycles. The van der Waals surface area contributed by atoms with Crippen molar-refractivity contribution in [2.45, 2.75) is 102 Å². The summed E-state index contributed by atoms with van der Waals surface area (Å²) in [5.41, 5.74) is 5.40. The van der Waals surface area contributed by atoms with Crippen molar-refractivity contribution in [2.24, 2.45) is 5.73 Å². The van der Waals surface area contributed by atoms with E-state index in [4.69, 9.17) is 5.73 Å². The van der Waals surface area contributed by atoms with E-state index in [0.717, 1.165) is 32.8 Å². The fourth-order valence-corrected chi connectivity index (χ4v) is 3.97. The molecular formula is C21H41NO4S. The van der Waals surface area contributed by atoms with Gasteiger partial charge in [0.1, 0.15) is 0 Å². The second-order valence-electron chi connectivity index (χ2n) is 7.18. The van der Waals surface area contributed by atoms with Gasteiger partial charge in [0.2, 0.25) is 0 Å². The minimum atomic E-state index is -3.86. The molecule has 0 rings (SSSR count). The molecule has 0 heterocycles. The minimum Gasteiger partial charge on any atom is -0.329 e. The van der Waals surface area contributed by atoms with Crippen LogP contribution in [0.1, 0.15) is 96.8 Å². The highest BCUT2D eigenvalue weighted by molar-refractivity contribution is 7.88. The highest BCUT2D eigenvalue weighted by Crippen LogP contribution is 2.12. The summed E-state index contributed by atoms with van der Waals surface area (Å²) in [6.07, 6.45) is 20.3. The zero-order valence-electron chi connectivity index (χ0n) is 17.5. The van der Waals surface area contributed by atoms with Crippen molar-refractivity contribution in [1.82, 2.24) is 0 Å². The molecule has 0 aliphatic rings. The van der Waals surface area contributed by atoms with Crippen molar-refractivity contribution in [2.75, 3.05) is 13.7 Å². The van der Waals surface area contributed by atoms with Crippen LogP contribution < -0.4 is 5.73 Å². The maximum absolute atomic E-state index is 12.0. The molecule has 0 aliphatic heterocycles. The Morgan fingerprint density at radius 3 is 1.85 bits per heavy atom. The molecular weight excluding hydrogens is 362 g/mol. The Bertz CT molecular complexity index is 488. The Kier molecular flexibility index (Phi) is 16.9. The van der Waals surface area contributed by atoms with Crippen molar-refractivity contribution in [3.8, 4) is 0 Å². The summed E-state index contributed by atoms with van der Waals surface area (Å²) in [5, 5.41) is -1.22. The summed E-state index contributed by atoms with van der Waals surface area (Å²) in [6.45, 7) is 2.02. The third-order valence-electron chi connectivity index (χ3n) is 4.84. The van der Waals surface area contributed by atoms with E-state index in [1.807, 2.05) is 0 Å². The largest absolute Gasteiger partial charge is 0.329 e. The molecule has 0 bridgehead atoms. The molecule has 5 nitrogen and oxygen atoms in total. The van der Waals surface area contributed by atoms with E-state index < -0.39 is 15.4 Å². The van der Waals surface area contributed by atoms with E-state index in [1.165, 1.54) is 51.4 Å². The molecule has 0 radical (unpaired) electrons. The minimum absolute atomic E-state index is 0.222. The molecule has 1 unspecified atom stereocenters. The molecule has 0 aliphatic carbocycles. The Balaban J connectivity index is 3.56. The maximum atomic E-state index is 12.0. The second-order valence-corrected chi connectivity index (χ2v) is 9.07. The fourth-order valence-electron chi connectivity index (χ4n) is 3.06. The molecule has 0 saturated carbocycles. The fraction of sp³-hybridized carbons (Fsp3) is 0.857. The predicted molar refractivity (Wildman–Crippen MR) is 113 cm³/mol. The lowest BCUT2D eigenvalue weighted by atomic mass is 10.1. The van der Waals surface area contributed by atoms with Gasteiger partial charge < -0.3 is 5.73 Å². The van der Waals surface area contributed by atoms with Crippen molar-refractivity contribution < 1.29 is 17.4 Å². The number of rotatable bonds is 19. The van der Waals surface area contributed by atoms with Gasteiger partial charge >= 0.3 is 0 Å². The third-order valence-corrected chi connectivity index (χ3v) is 6.46. The van der Waals surface area contributed by atoms with Crippen LogP contribution in [0.25, 0.3) is 0 Å². The van der Waals surface area contributed by atoms with E-state index in [0.29, 0.717) is 6.42 Å². The van der Waals surface area contributed by atoms with E-state index in [-0.39, 0.29) is 18.7 Å². The highest BCUT2D eigenvalue weighted by atomic mass is 32.2. The molecule has 0 fully saturated rings. The van der Waals surface area contributed by atoms with Gasteiger partial charge in [-0.2, -0.15) is 8.42 Å². The van der Waals surface area contributed by atoms with Gasteiger partial charge in [-0.25, -0.2) is 0 Å². The van der Waals surface area contributed by atoms with Crippen molar-refractivity contribution >= 4 is 15.9 Å². The van der Waals surface area contributed by atoms with Crippen LogP contribution in [0, 0.1) is 0 Å². The Hall–Kier alpha value is -0.720. The number of ketones is 1. The first-order valence-corrected chi connectivity index (χ1v) is 12.1. The molecule has 0 saturated heterocycles. The van der Waals surface area contributed by atoms with E-state index in [9.17, 15) is 13.2 Å². The molecule has 160 valence electrons.